The number of carbonyl (C=O) groups is 1. The van der Waals surface area contributed by atoms with Crippen molar-refractivity contribution in [2.24, 2.45) is 0 Å². The van der Waals surface area contributed by atoms with Gasteiger partial charge in [-0.05, 0) is 12.1 Å². The van der Waals surface area contributed by atoms with Gasteiger partial charge in [0, 0.05) is 0 Å². The van der Waals surface area contributed by atoms with Crippen LogP contribution < -0.4 is 0 Å². The minimum absolute atomic E-state index is 0.101. The second-order valence-corrected chi connectivity index (χ2v) is 3.23. The zero-order valence-corrected chi connectivity index (χ0v) is 8.49. The summed E-state index contributed by atoms with van der Waals surface area (Å²) in [6, 6.07) is 2.25. The monoisotopic (exact) mass is 230 g/mol. The number of hydrogen-bond donors (Lipinski definition) is 0. The van der Waals surface area contributed by atoms with Crippen molar-refractivity contribution < 1.29 is 9.18 Å². The van der Waals surface area contributed by atoms with Gasteiger partial charge in [0.2, 0.25) is 0 Å². The van der Waals surface area contributed by atoms with E-state index in [1.54, 1.807) is 0 Å². The molecule has 0 heterocycles. The fourth-order valence-corrected chi connectivity index (χ4v) is 1.40. The summed E-state index contributed by atoms with van der Waals surface area (Å²) in [5.41, 5.74) is 0.344. The first-order valence-electron chi connectivity index (χ1n) is 3.72. The van der Waals surface area contributed by atoms with E-state index in [1.165, 1.54) is 0 Å². The van der Waals surface area contributed by atoms with Crippen molar-refractivity contribution in [1.82, 2.24) is 0 Å². The molecule has 0 saturated heterocycles. The van der Waals surface area contributed by atoms with E-state index in [1.807, 2.05) is 0 Å². The van der Waals surface area contributed by atoms with Crippen LogP contribution in [0.3, 0.4) is 0 Å². The number of benzene rings is 1. The summed E-state index contributed by atoms with van der Waals surface area (Å²) in [5.74, 6) is 4.63. The third kappa shape index (κ3) is 2.73. The molecule has 1 aromatic carbocycles. The molecule has 0 radical (unpaired) electrons. The maximum atomic E-state index is 12.7. The van der Waals surface area contributed by atoms with Crippen LogP contribution >= 0.6 is 23.2 Å². The van der Waals surface area contributed by atoms with Gasteiger partial charge < -0.3 is 4.79 Å². The van der Waals surface area contributed by atoms with Gasteiger partial charge in [-0.1, -0.05) is 35.0 Å². The normalized spacial score (nSPS) is 9.07. The number of rotatable bonds is 1. The summed E-state index contributed by atoms with van der Waals surface area (Å²) in [7, 11) is 0. The van der Waals surface area contributed by atoms with Gasteiger partial charge in [-0.15, -0.1) is 0 Å². The molecule has 0 N–H and O–H groups in total. The molecule has 1 nitrogen and oxygen atoms in total. The lowest BCUT2D eigenvalue weighted by Gasteiger charge is -1.98. The zero-order valence-electron chi connectivity index (χ0n) is 6.98. The molecule has 0 spiro atoms. The Kier molecular flexibility index (Phi) is 3.94. The van der Waals surface area contributed by atoms with Crippen LogP contribution in [0.15, 0.2) is 12.1 Å². The summed E-state index contributed by atoms with van der Waals surface area (Å²) in [6.07, 6.45) is 0.766. The van der Waals surface area contributed by atoms with Crippen molar-refractivity contribution in [2.75, 3.05) is 0 Å². The Bertz CT molecular complexity index is 395. The molecule has 0 unspecified atom stereocenters. The Morgan fingerprint density at radius 2 is 1.93 bits per heavy atom. The predicted octanol–water partition coefficient (Wildman–Crippen LogP) is 3.07. The first kappa shape index (κ1) is 11.0. The minimum Gasteiger partial charge on any atom is -0.302 e. The van der Waals surface area contributed by atoms with Gasteiger partial charge in [0.15, 0.2) is 0 Å². The number of hydrogen-bond acceptors (Lipinski definition) is 1. The molecule has 72 valence electrons. The van der Waals surface area contributed by atoms with E-state index in [2.05, 4.69) is 11.8 Å². The molecule has 0 aliphatic rings. The average molecular weight is 231 g/mol. The molecule has 0 atom stereocenters. The number of aldehydes is 1. The van der Waals surface area contributed by atoms with Crippen LogP contribution in [0.1, 0.15) is 12.0 Å². The molecular weight excluding hydrogens is 226 g/mol. The van der Waals surface area contributed by atoms with Crippen LogP contribution in [0, 0.1) is 17.7 Å². The molecule has 0 bridgehead atoms. The molecule has 1 aromatic rings. The molecule has 0 aliphatic heterocycles. The van der Waals surface area contributed by atoms with E-state index in [4.69, 9.17) is 23.2 Å². The van der Waals surface area contributed by atoms with E-state index in [0.717, 1.165) is 12.1 Å². The number of carbonyl (C=O) groups excluding carboxylic acids is 1. The highest BCUT2D eigenvalue weighted by atomic mass is 35.5. The van der Waals surface area contributed by atoms with E-state index < -0.39 is 5.82 Å². The van der Waals surface area contributed by atoms with Gasteiger partial charge in [0.05, 0.1) is 22.0 Å². The van der Waals surface area contributed by atoms with Crippen molar-refractivity contribution in [3.05, 3.63) is 33.6 Å². The average Bonchev–Trinajstić information content (AvgIpc) is 2.09. The second kappa shape index (κ2) is 4.99. The van der Waals surface area contributed by atoms with Crippen molar-refractivity contribution in [3.63, 3.8) is 0 Å². The Balaban J connectivity index is 3.10. The van der Waals surface area contributed by atoms with Gasteiger partial charge in [0.1, 0.15) is 12.1 Å². The van der Waals surface area contributed by atoms with E-state index in [9.17, 15) is 9.18 Å². The maximum Gasteiger partial charge on any atom is 0.131 e. The third-order valence-corrected chi connectivity index (χ3v) is 2.00. The third-order valence-electron chi connectivity index (χ3n) is 1.41. The zero-order chi connectivity index (χ0) is 10.6. The standard InChI is InChI=1S/C10H5Cl2FO/c11-9-5-7(13)6-10(12)8(9)3-1-2-4-14/h4-6H,2H2. The molecule has 0 fully saturated rings. The van der Waals surface area contributed by atoms with Crippen molar-refractivity contribution in [1.29, 1.82) is 0 Å². The topological polar surface area (TPSA) is 17.1 Å². The highest BCUT2D eigenvalue weighted by Crippen LogP contribution is 2.24. The summed E-state index contributed by atoms with van der Waals surface area (Å²) < 4.78 is 12.7. The highest BCUT2D eigenvalue weighted by Gasteiger charge is 2.05. The highest BCUT2D eigenvalue weighted by molar-refractivity contribution is 6.36. The lowest BCUT2D eigenvalue weighted by atomic mass is 10.2. The van der Waals surface area contributed by atoms with E-state index in [0.29, 0.717) is 11.8 Å². The van der Waals surface area contributed by atoms with Gasteiger partial charge in [-0.2, -0.15) is 0 Å². The minimum atomic E-state index is -0.513. The van der Waals surface area contributed by atoms with Gasteiger partial charge >= 0.3 is 0 Å². The molecule has 0 aromatic heterocycles. The molecular formula is C10H5Cl2FO. The summed E-state index contributed by atoms with van der Waals surface area (Å²) in [4.78, 5) is 9.99. The van der Waals surface area contributed by atoms with Gasteiger partial charge in [-0.3, -0.25) is 0 Å². The van der Waals surface area contributed by atoms with E-state index >= 15 is 0 Å². The lowest BCUT2D eigenvalue weighted by Crippen LogP contribution is -1.83. The second-order valence-electron chi connectivity index (χ2n) is 2.42. The molecule has 14 heavy (non-hydrogen) atoms. The largest absolute Gasteiger partial charge is 0.302 e. The maximum absolute atomic E-state index is 12.7. The fourth-order valence-electron chi connectivity index (χ4n) is 0.843. The van der Waals surface area contributed by atoms with Gasteiger partial charge in [-0.25, -0.2) is 4.39 Å². The van der Waals surface area contributed by atoms with Crippen LogP contribution in [0.25, 0.3) is 0 Å². The fraction of sp³-hybridized carbons (Fsp3) is 0.100. The molecule has 4 heteroatoms. The van der Waals surface area contributed by atoms with Crippen LogP contribution in [0.5, 0.6) is 0 Å². The first-order chi connectivity index (χ1) is 6.65. The summed E-state index contributed by atoms with van der Waals surface area (Å²) in [5, 5.41) is 0.293. The van der Waals surface area contributed by atoms with Crippen molar-refractivity contribution in [3.8, 4) is 11.8 Å². The molecule has 0 aliphatic carbocycles. The smallest absolute Gasteiger partial charge is 0.131 e. The molecule has 1 rings (SSSR count). The summed E-state index contributed by atoms with van der Waals surface area (Å²) >= 11 is 11.4. The Hall–Kier alpha value is -1.04. The quantitative estimate of drug-likeness (QED) is 0.536. The summed E-state index contributed by atoms with van der Waals surface area (Å²) in [6.45, 7) is 0. The Morgan fingerprint density at radius 1 is 1.36 bits per heavy atom. The Labute approximate surface area is 90.8 Å². The van der Waals surface area contributed by atoms with Crippen LogP contribution in [0.2, 0.25) is 10.0 Å². The molecule has 0 amide bonds. The predicted molar refractivity (Wildman–Crippen MR) is 54.0 cm³/mol. The lowest BCUT2D eigenvalue weighted by molar-refractivity contribution is -0.107. The van der Waals surface area contributed by atoms with E-state index in [-0.39, 0.29) is 16.5 Å². The van der Waals surface area contributed by atoms with Gasteiger partial charge in [0.25, 0.3) is 0 Å². The van der Waals surface area contributed by atoms with Crippen LogP contribution in [-0.4, -0.2) is 6.29 Å². The SMILES string of the molecule is O=CCC#Cc1c(Cl)cc(F)cc1Cl. The Morgan fingerprint density at radius 3 is 2.43 bits per heavy atom. The van der Waals surface area contributed by atoms with Crippen molar-refractivity contribution in [2.45, 2.75) is 6.42 Å². The van der Waals surface area contributed by atoms with Crippen LogP contribution in [0.4, 0.5) is 4.39 Å². The molecule has 0 saturated carbocycles. The van der Waals surface area contributed by atoms with Crippen molar-refractivity contribution >= 4 is 29.5 Å². The first-order valence-corrected chi connectivity index (χ1v) is 4.48. The number of halogens is 3. The van der Waals surface area contributed by atoms with Crippen LogP contribution in [-0.2, 0) is 4.79 Å².